The van der Waals surface area contributed by atoms with Crippen molar-refractivity contribution in [2.24, 2.45) is 5.84 Å². The van der Waals surface area contributed by atoms with E-state index < -0.39 is 0 Å². The molecule has 0 fully saturated rings. The van der Waals surface area contributed by atoms with Crippen molar-refractivity contribution < 1.29 is 9.15 Å². The van der Waals surface area contributed by atoms with E-state index in [4.69, 9.17) is 15.0 Å². The molecule has 1 unspecified atom stereocenters. The Bertz CT molecular complexity index is 478. The van der Waals surface area contributed by atoms with Gasteiger partial charge in [-0.1, -0.05) is 6.92 Å². The summed E-state index contributed by atoms with van der Waals surface area (Å²) in [4.78, 5) is 0. The van der Waals surface area contributed by atoms with Gasteiger partial charge < -0.3 is 9.15 Å². The van der Waals surface area contributed by atoms with Gasteiger partial charge in [0.25, 0.3) is 0 Å². The lowest BCUT2D eigenvalue weighted by Gasteiger charge is -2.16. The highest BCUT2D eigenvalue weighted by atomic mass is 16.5. The first-order chi connectivity index (χ1) is 8.81. The topological polar surface area (TPSA) is 78.2 Å². The van der Waals surface area contributed by atoms with Crippen molar-refractivity contribution in [3.05, 3.63) is 36.0 Å². The summed E-state index contributed by atoms with van der Waals surface area (Å²) in [6, 6.07) is 3.42. The average Bonchev–Trinajstić information content (AvgIpc) is 3.02. The molecule has 1 atom stereocenters. The third-order valence-corrected chi connectivity index (χ3v) is 2.77. The summed E-state index contributed by atoms with van der Waals surface area (Å²) in [5.74, 6) is 7.06. The lowest BCUT2D eigenvalue weighted by Crippen LogP contribution is -2.30. The van der Waals surface area contributed by atoms with E-state index in [9.17, 15) is 0 Å². The summed E-state index contributed by atoms with van der Waals surface area (Å²) >= 11 is 0. The Morgan fingerprint density at radius 2 is 2.44 bits per heavy atom. The van der Waals surface area contributed by atoms with E-state index in [1.165, 1.54) is 0 Å². The molecule has 0 amide bonds. The van der Waals surface area contributed by atoms with E-state index in [2.05, 4.69) is 17.4 Å². The van der Waals surface area contributed by atoms with Crippen molar-refractivity contribution in [2.75, 3.05) is 7.11 Å². The molecule has 0 aromatic carbocycles. The molecule has 0 bridgehead atoms. The third kappa shape index (κ3) is 2.25. The fourth-order valence-corrected chi connectivity index (χ4v) is 1.97. The smallest absolute Gasteiger partial charge is 0.162 e. The van der Waals surface area contributed by atoms with Gasteiger partial charge in [-0.05, 0) is 18.6 Å². The Labute approximate surface area is 106 Å². The molecule has 2 heterocycles. The number of nitrogens with zero attached hydrogens (tertiary/aromatic N) is 2. The quantitative estimate of drug-likeness (QED) is 0.599. The van der Waals surface area contributed by atoms with Gasteiger partial charge in [0.1, 0.15) is 17.5 Å². The number of rotatable bonds is 6. The number of hydrazine groups is 1. The summed E-state index contributed by atoms with van der Waals surface area (Å²) in [6.07, 6.45) is 4.29. The van der Waals surface area contributed by atoms with Gasteiger partial charge in [0.15, 0.2) is 5.75 Å². The van der Waals surface area contributed by atoms with Crippen molar-refractivity contribution in [1.82, 2.24) is 15.2 Å². The lowest BCUT2D eigenvalue weighted by atomic mass is 10.1. The van der Waals surface area contributed by atoms with Gasteiger partial charge in [-0.3, -0.25) is 10.5 Å². The number of nitrogens with one attached hydrogen (secondary N) is 1. The number of aromatic nitrogens is 2. The molecule has 0 saturated carbocycles. The van der Waals surface area contributed by atoms with Crippen LogP contribution in [0, 0.1) is 0 Å². The zero-order valence-electron chi connectivity index (χ0n) is 10.6. The Balaban J connectivity index is 2.42. The van der Waals surface area contributed by atoms with Crippen LogP contribution in [0.1, 0.15) is 30.8 Å². The standard InChI is InChI=1S/C12H18N4O2/c1-3-6-16-12(10(17-2)8-14-16)11(15-13)9-5-4-7-18-9/h4-5,7-8,11,15H,3,6,13H2,1-2H3. The second-order valence-electron chi connectivity index (χ2n) is 3.94. The first-order valence-electron chi connectivity index (χ1n) is 5.91. The van der Waals surface area contributed by atoms with Crippen molar-refractivity contribution in [3.8, 4) is 5.75 Å². The van der Waals surface area contributed by atoms with Gasteiger partial charge in [0, 0.05) is 6.54 Å². The van der Waals surface area contributed by atoms with Crippen LogP contribution >= 0.6 is 0 Å². The molecular formula is C12H18N4O2. The van der Waals surface area contributed by atoms with Crippen LogP contribution in [0.2, 0.25) is 0 Å². The summed E-state index contributed by atoms with van der Waals surface area (Å²) in [6.45, 7) is 2.90. The molecule has 0 aliphatic rings. The van der Waals surface area contributed by atoms with Crippen LogP contribution in [0.25, 0.3) is 0 Å². The summed E-state index contributed by atoms with van der Waals surface area (Å²) in [5.41, 5.74) is 3.62. The molecule has 0 aliphatic heterocycles. The van der Waals surface area contributed by atoms with Crippen molar-refractivity contribution in [1.29, 1.82) is 0 Å². The minimum atomic E-state index is -0.274. The van der Waals surface area contributed by atoms with Crippen LogP contribution in [-0.2, 0) is 6.54 Å². The Morgan fingerprint density at radius 3 is 3.00 bits per heavy atom. The van der Waals surface area contributed by atoms with Crippen LogP contribution in [0.3, 0.4) is 0 Å². The average molecular weight is 250 g/mol. The van der Waals surface area contributed by atoms with Gasteiger partial charge in [0.05, 0.1) is 19.6 Å². The van der Waals surface area contributed by atoms with Crippen LogP contribution in [0.15, 0.2) is 29.0 Å². The van der Waals surface area contributed by atoms with Crippen LogP contribution in [0.4, 0.5) is 0 Å². The van der Waals surface area contributed by atoms with Gasteiger partial charge in [-0.2, -0.15) is 5.10 Å². The Hall–Kier alpha value is -1.79. The van der Waals surface area contributed by atoms with Crippen LogP contribution in [0.5, 0.6) is 5.75 Å². The fourth-order valence-electron chi connectivity index (χ4n) is 1.97. The molecule has 3 N–H and O–H groups in total. The predicted octanol–water partition coefficient (Wildman–Crippen LogP) is 1.45. The SMILES string of the molecule is CCCn1ncc(OC)c1C(NN)c1ccco1. The summed E-state index contributed by atoms with van der Waals surface area (Å²) in [7, 11) is 1.62. The highest BCUT2D eigenvalue weighted by Gasteiger charge is 2.24. The molecule has 0 radical (unpaired) electrons. The van der Waals surface area contributed by atoms with E-state index in [-0.39, 0.29) is 6.04 Å². The molecule has 0 spiro atoms. The highest BCUT2D eigenvalue weighted by molar-refractivity contribution is 5.33. The minimum absolute atomic E-state index is 0.274. The van der Waals surface area contributed by atoms with Crippen molar-refractivity contribution >= 4 is 0 Å². The van der Waals surface area contributed by atoms with E-state index in [0.717, 1.165) is 24.4 Å². The third-order valence-electron chi connectivity index (χ3n) is 2.77. The number of methoxy groups -OCH3 is 1. The zero-order valence-corrected chi connectivity index (χ0v) is 10.6. The number of ether oxygens (including phenoxy) is 1. The van der Waals surface area contributed by atoms with Crippen molar-refractivity contribution in [2.45, 2.75) is 25.9 Å². The molecule has 0 saturated heterocycles. The van der Waals surface area contributed by atoms with E-state index >= 15 is 0 Å². The molecule has 6 heteroatoms. The monoisotopic (exact) mass is 250 g/mol. The maximum absolute atomic E-state index is 5.64. The maximum atomic E-state index is 5.64. The van der Waals surface area contributed by atoms with E-state index in [1.54, 1.807) is 19.6 Å². The normalized spacial score (nSPS) is 12.6. The second-order valence-corrected chi connectivity index (χ2v) is 3.94. The molecule has 0 aliphatic carbocycles. The van der Waals surface area contributed by atoms with Crippen molar-refractivity contribution in [3.63, 3.8) is 0 Å². The lowest BCUT2D eigenvalue weighted by molar-refractivity contribution is 0.382. The van der Waals surface area contributed by atoms with E-state index in [0.29, 0.717) is 5.75 Å². The number of nitrogens with two attached hydrogens (primary N) is 1. The van der Waals surface area contributed by atoms with Gasteiger partial charge >= 0.3 is 0 Å². The molecule has 18 heavy (non-hydrogen) atoms. The highest BCUT2D eigenvalue weighted by Crippen LogP contribution is 2.29. The molecular weight excluding hydrogens is 232 g/mol. The largest absolute Gasteiger partial charge is 0.493 e. The Kier molecular flexibility index (Phi) is 4.01. The molecule has 98 valence electrons. The fraction of sp³-hybridized carbons (Fsp3) is 0.417. The number of hydrogen-bond acceptors (Lipinski definition) is 5. The predicted molar refractivity (Wildman–Crippen MR) is 66.9 cm³/mol. The first kappa shape index (κ1) is 12.7. The molecule has 2 rings (SSSR count). The second kappa shape index (κ2) is 5.70. The number of hydrogen-bond donors (Lipinski definition) is 2. The minimum Gasteiger partial charge on any atom is -0.493 e. The van der Waals surface area contributed by atoms with Gasteiger partial charge in [-0.25, -0.2) is 5.43 Å². The van der Waals surface area contributed by atoms with Gasteiger partial charge in [-0.15, -0.1) is 0 Å². The van der Waals surface area contributed by atoms with Gasteiger partial charge in [0.2, 0.25) is 0 Å². The summed E-state index contributed by atoms with van der Waals surface area (Å²) in [5, 5.41) is 4.31. The number of aryl methyl sites for hydroxylation is 1. The van der Waals surface area contributed by atoms with Crippen LogP contribution < -0.4 is 16.0 Å². The molecule has 2 aromatic rings. The first-order valence-corrected chi connectivity index (χ1v) is 5.91. The van der Waals surface area contributed by atoms with E-state index in [1.807, 2.05) is 16.8 Å². The molecule has 2 aromatic heterocycles. The Morgan fingerprint density at radius 1 is 1.61 bits per heavy atom. The maximum Gasteiger partial charge on any atom is 0.162 e. The summed E-state index contributed by atoms with van der Waals surface area (Å²) < 4.78 is 12.6. The van der Waals surface area contributed by atoms with Crippen LogP contribution in [-0.4, -0.2) is 16.9 Å². The molecule has 6 nitrogen and oxygen atoms in total. The zero-order chi connectivity index (χ0) is 13.0. The number of furan rings is 1.